The minimum absolute atomic E-state index is 0.0129. The molecule has 17 heavy (non-hydrogen) atoms. The summed E-state index contributed by atoms with van der Waals surface area (Å²) >= 11 is 0. The minimum Gasteiger partial charge on any atom is -0.355 e. The molecule has 0 aromatic heterocycles. The Kier molecular flexibility index (Phi) is 3.61. The highest BCUT2D eigenvalue weighted by Crippen LogP contribution is 2.12. The van der Waals surface area contributed by atoms with Gasteiger partial charge in [-0.1, -0.05) is 0 Å². The fourth-order valence-electron chi connectivity index (χ4n) is 2.13. The summed E-state index contributed by atoms with van der Waals surface area (Å²) in [6.45, 7) is 0.924. The Labute approximate surface area is 99.5 Å². The molecule has 3 amide bonds. The maximum absolute atomic E-state index is 11.9. The number of hydrogen-bond donors (Lipinski definition) is 3. The molecule has 0 saturated carbocycles. The summed E-state index contributed by atoms with van der Waals surface area (Å²) in [5, 5.41) is 8.33. The molecule has 2 rings (SSSR count). The van der Waals surface area contributed by atoms with Gasteiger partial charge in [0.25, 0.3) is 0 Å². The zero-order valence-corrected chi connectivity index (χ0v) is 9.62. The summed E-state index contributed by atoms with van der Waals surface area (Å²) in [6, 6.07) is 0.0258. The predicted octanol–water partition coefficient (Wildman–Crippen LogP) is -1.09. The van der Waals surface area contributed by atoms with Crippen molar-refractivity contribution in [2.75, 3.05) is 13.1 Å². The Bertz CT molecular complexity index is 323. The molecule has 2 heterocycles. The van der Waals surface area contributed by atoms with E-state index in [2.05, 4.69) is 16.0 Å². The smallest absolute Gasteiger partial charge is 0.225 e. The van der Waals surface area contributed by atoms with Gasteiger partial charge in [0.2, 0.25) is 17.7 Å². The third-order valence-corrected chi connectivity index (χ3v) is 3.25. The van der Waals surface area contributed by atoms with Crippen molar-refractivity contribution in [2.45, 2.75) is 31.7 Å². The molecule has 3 N–H and O–H groups in total. The van der Waals surface area contributed by atoms with E-state index in [4.69, 9.17) is 0 Å². The van der Waals surface area contributed by atoms with E-state index in [0.717, 1.165) is 0 Å². The molecule has 2 fully saturated rings. The molecule has 0 aliphatic carbocycles. The average Bonchev–Trinajstić information content (AvgIpc) is 2.33. The van der Waals surface area contributed by atoms with Gasteiger partial charge < -0.3 is 16.0 Å². The van der Waals surface area contributed by atoms with Crippen molar-refractivity contribution >= 4 is 17.7 Å². The Morgan fingerprint density at radius 3 is 2.24 bits per heavy atom. The molecule has 94 valence electrons. The second-order valence-corrected chi connectivity index (χ2v) is 4.59. The highest BCUT2D eigenvalue weighted by atomic mass is 16.2. The maximum atomic E-state index is 11.9. The first-order valence-corrected chi connectivity index (χ1v) is 5.99. The summed E-state index contributed by atoms with van der Waals surface area (Å²) in [5.74, 6) is -0.101. The van der Waals surface area contributed by atoms with Crippen molar-refractivity contribution in [2.24, 2.45) is 5.92 Å². The van der Waals surface area contributed by atoms with Crippen molar-refractivity contribution in [1.82, 2.24) is 16.0 Å². The summed E-state index contributed by atoms with van der Waals surface area (Å²) < 4.78 is 0. The largest absolute Gasteiger partial charge is 0.355 e. The number of amides is 3. The number of carbonyl (C=O) groups excluding carboxylic acids is 3. The van der Waals surface area contributed by atoms with E-state index in [1.54, 1.807) is 0 Å². The Balaban J connectivity index is 1.77. The molecule has 2 unspecified atom stereocenters. The molecule has 6 heteroatoms. The lowest BCUT2D eigenvalue weighted by Gasteiger charge is -2.27. The molecule has 2 saturated heterocycles. The summed E-state index contributed by atoms with van der Waals surface area (Å²) in [7, 11) is 0. The SMILES string of the molecule is O=C1CCC(NC(=O)C2CCC(=O)NC2)CN1. The van der Waals surface area contributed by atoms with Gasteiger partial charge in [-0.3, -0.25) is 14.4 Å². The number of nitrogens with one attached hydrogen (secondary N) is 3. The van der Waals surface area contributed by atoms with Crippen molar-refractivity contribution in [3.8, 4) is 0 Å². The van der Waals surface area contributed by atoms with Crippen LogP contribution in [0.4, 0.5) is 0 Å². The summed E-state index contributed by atoms with van der Waals surface area (Å²) in [5.41, 5.74) is 0. The normalized spacial score (nSPS) is 29.2. The van der Waals surface area contributed by atoms with E-state index in [1.165, 1.54) is 0 Å². The first kappa shape index (κ1) is 11.9. The van der Waals surface area contributed by atoms with Crippen LogP contribution >= 0.6 is 0 Å². The lowest BCUT2D eigenvalue weighted by molar-refractivity contribution is -0.130. The average molecular weight is 239 g/mol. The van der Waals surface area contributed by atoms with Crippen LogP contribution in [-0.4, -0.2) is 36.9 Å². The monoisotopic (exact) mass is 239 g/mol. The molecule has 2 atom stereocenters. The summed E-state index contributed by atoms with van der Waals surface area (Å²) in [6.07, 6.45) is 2.18. The number of hydrogen-bond acceptors (Lipinski definition) is 3. The molecule has 2 aliphatic rings. The van der Waals surface area contributed by atoms with Crippen LogP contribution in [0, 0.1) is 5.92 Å². The molecular weight excluding hydrogens is 222 g/mol. The lowest BCUT2D eigenvalue weighted by atomic mass is 9.97. The fourth-order valence-corrected chi connectivity index (χ4v) is 2.13. The zero-order valence-electron chi connectivity index (χ0n) is 9.62. The predicted molar refractivity (Wildman–Crippen MR) is 59.9 cm³/mol. The number of rotatable bonds is 2. The first-order chi connectivity index (χ1) is 8.15. The van der Waals surface area contributed by atoms with Crippen molar-refractivity contribution in [1.29, 1.82) is 0 Å². The lowest BCUT2D eigenvalue weighted by Crippen LogP contribution is -2.51. The van der Waals surface area contributed by atoms with Gasteiger partial charge in [0, 0.05) is 32.0 Å². The highest BCUT2D eigenvalue weighted by molar-refractivity contribution is 5.84. The molecule has 0 radical (unpaired) electrons. The Morgan fingerprint density at radius 1 is 1.06 bits per heavy atom. The standard InChI is InChI=1S/C11H17N3O3/c15-9-3-1-7(5-12-9)11(17)14-8-2-4-10(16)13-6-8/h7-8H,1-6H2,(H,12,15)(H,13,16)(H,14,17). The van der Waals surface area contributed by atoms with Crippen LogP contribution < -0.4 is 16.0 Å². The molecule has 0 spiro atoms. The molecule has 0 aromatic carbocycles. The van der Waals surface area contributed by atoms with Crippen LogP contribution in [0.3, 0.4) is 0 Å². The van der Waals surface area contributed by atoms with E-state index < -0.39 is 0 Å². The van der Waals surface area contributed by atoms with Crippen LogP contribution in [-0.2, 0) is 14.4 Å². The topological polar surface area (TPSA) is 87.3 Å². The van der Waals surface area contributed by atoms with Crippen LogP contribution in [0.5, 0.6) is 0 Å². The van der Waals surface area contributed by atoms with Gasteiger partial charge in [0.15, 0.2) is 0 Å². The van der Waals surface area contributed by atoms with E-state index >= 15 is 0 Å². The highest BCUT2D eigenvalue weighted by Gasteiger charge is 2.27. The van der Waals surface area contributed by atoms with Crippen molar-refractivity contribution in [3.05, 3.63) is 0 Å². The Hall–Kier alpha value is -1.59. The van der Waals surface area contributed by atoms with Gasteiger partial charge in [-0.25, -0.2) is 0 Å². The van der Waals surface area contributed by atoms with Crippen molar-refractivity contribution in [3.63, 3.8) is 0 Å². The van der Waals surface area contributed by atoms with Crippen LogP contribution in [0.15, 0.2) is 0 Å². The molecule has 2 aliphatic heterocycles. The molecule has 6 nitrogen and oxygen atoms in total. The third kappa shape index (κ3) is 3.18. The summed E-state index contributed by atoms with van der Waals surface area (Å²) in [4.78, 5) is 33.8. The molecule has 0 aromatic rings. The third-order valence-electron chi connectivity index (χ3n) is 3.25. The number of carbonyl (C=O) groups is 3. The van der Waals surface area contributed by atoms with Crippen LogP contribution in [0.1, 0.15) is 25.7 Å². The van der Waals surface area contributed by atoms with Crippen molar-refractivity contribution < 1.29 is 14.4 Å². The quantitative estimate of drug-likeness (QED) is 0.572. The fraction of sp³-hybridized carbons (Fsp3) is 0.727. The number of piperidine rings is 2. The van der Waals surface area contributed by atoms with E-state index in [9.17, 15) is 14.4 Å². The molecular formula is C11H17N3O3. The first-order valence-electron chi connectivity index (χ1n) is 5.99. The maximum Gasteiger partial charge on any atom is 0.225 e. The van der Waals surface area contributed by atoms with Gasteiger partial charge in [0.05, 0.1) is 5.92 Å². The van der Waals surface area contributed by atoms with Crippen LogP contribution in [0.2, 0.25) is 0 Å². The van der Waals surface area contributed by atoms with E-state index in [0.29, 0.717) is 38.8 Å². The minimum atomic E-state index is -0.134. The van der Waals surface area contributed by atoms with Gasteiger partial charge in [-0.2, -0.15) is 0 Å². The second kappa shape index (κ2) is 5.16. The van der Waals surface area contributed by atoms with Gasteiger partial charge in [0.1, 0.15) is 0 Å². The van der Waals surface area contributed by atoms with Gasteiger partial charge >= 0.3 is 0 Å². The van der Waals surface area contributed by atoms with E-state index in [-0.39, 0.29) is 29.7 Å². The Morgan fingerprint density at radius 2 is 1.71 bits per heavy atom. The van der Waals surface area contributed by atoms with Crippen LogP contribution in [0.25, 0.3) is 0 Å². The zero-order chi connectivity index (χ0) is 12.3. The van der Waals surface area contributed by atoms with Gasteiger partial charge in [-0.15, -0.1) is 0 Å². The molecule has 0 bridgehead atoms. The second-order valence-electron chi connectivity index (χ2n) is 4.59. The van der Waals surface area contributed by atoms with E-state index in [1.807, 2.05) is 0 Å². The van der Waals surface area contributed by atoms with Gasteiger partial charge in [-0.05, 0) is 12.8 Å².